The summed E-state index contributed by atoms with van der Waals surface area (Å²) in [7, 11) is -2.92. The second-order valence-corrected chi connectivity index (χ2v) is 11.4. The van der Waals surface area contributed by atoms with Crippen molar-refractivity contribution in [2.45, 2.75) is 46.3 Å². The summed E-state index contributed by atoms with van der Waals surface area (Å²) in [5.41, 5.74) is -0.119. The molecule has 0 saturated carbocycles. The Hall–Kier alpha value is -0.430. The zero-order chi connectivity index (χ0) is 18.4. The number of aliphatic imine (C=N–C) groups is 1. The van der Waals surface area contributed by atoms with Crippen LogP contribution in [0, 0.1) is 11.3 Å². The first-order valence-corrected chi connectivity index (χ1v) is 12.0. The number of nitrogens with zero attached hydrogens (tertiary/aromatic N) is 2. The molecule has 7 heteroatoms. The molecule has 0 radical (unpaired) electrons. The van der Waals surface area contributed by atoms with Crippen molar-refractivity contribution in [1.29, 1.82) is 0 Å². The van der Waals surface area contributed by atoms with Gasteiger partial charge in [0.2, 0.25) is 0 Å². The van der Waals surface area contributed by atoms with Gasteiger partial charge in [-0.3, -0.25) is 4.99 Å². The van der Waals surface area contributed by atoms with E-state index in [1.807, 2.05) is 0 Å². The summed E-state index contributed by atoms with van der Waals surface area (Å²) >= 11 is 2.05. The molecule has 1 fully saturated rings. The van der Waals surface area contributed by atoms with E-state index in [1.165, 1.54) is 6.26 Å². The van der Waals surface area contributed by atoms with E-state index in [-0.39, 0.29) is 11.2 Å². The number of hydrogen-bond donors (Lipinski definition) is 1. The predicted molar refractivity (Wildman–Crippen MR) is 107 cm³/mol. The number of rotatable bonds is 7. The average Bonchev–Trinajstić information content (AvgIpc) is 2.49. The van der Waals surface area contributed by atoms with Crippen molar-refractivity contribution in [3.63, 3.8) is 0 Å². The summed E-state index contributed by atoms with van der Waals surface area (Å²) in [5, 5.41) is 4.04. The zero-order valence-electron chi connectivity index (χ0n) is 16.1. The Morgan fingerprint density at radius 3 is 2.62 bits per heavy atom. The molecule has 142 valence electrons. The Morgan fingerprint density at radius 2 is 2.08 bits per heavy atom. The molecule has 0 aromatic heterocycles. The van der Waals surface area contributed by atoms with Crippen molar-refractivity contribution in [2.75, 3.05) is 43.9 Å². The largest absolute Gasteiger partial charge is 0.357 e. The minimum Gasteiger partial charge on any atom is -0.357 e. The van der Waals surface area contributed by atoms with Crippen LogP contribution in [0.3, 0.4) is 0 Å². The fraction of sp³-hybridized carbons (Fsp3) is 0.941. The number of hydrogen-bond acceptors (Lipinski definition) is 4. The standard InChI is InChI=1S/C17H35N3O2S2/c1-7-18-16(20-9-10-23-15(12-20)14(2)3)19-13-17(4,5)8-11-24(6,21)22/h14-15H,7-13H2,1-6H3,(H,18,19). The van der Waals surface area contributed by atoms with Gasteiger partial charge in [0, 0.05) is 43.4 Å². The summed E-state index contributed by atoms with van der Waals surface area (Å²) in [5.74, 6) is 2.98. The summed E-state index contributed by atoms with van der Waals surface area (Å²) in [4.78, 5) is 7.19. The van der Waals surface area contributed by atoms with E-state index in [0.717, 1.165) is 31.3 Å². The summed E-state index contributed by atoms with van der Waals surface area (Å²) in [6.45, 7) is 14.4. The SMILES string of the molecule is CCNC(=NCC(C)(C)CCS(C)(=O)=O)N1CCSC(C(C)C)C1. The molecule has 0 aromatic carbocycles. The van der Waals surface area contributed by atoms with E-state index in [0.29, 0.717) is 24.1 Å². The third-order valence-corrected chi connectivity index (χ3v) is 6.76. The third kappa shape index (κ3) is 8.10. The highest BCUT2D eigenvalue weighted by Gasteiger charge is 2.26. The topological polar surface area (TPSA) is 61.8 Å². The van der Waals surface area contributed by atoms with E-state index in [1.54, 1.807) is 0 Å². The first-order chi connectivity index (χ1) is 11.0. The highest BCUT2D eigenvalue weighted by atomic mass is 32.2. The van der Waals surface area contributed by atoms with Gasteiger partial charge in [-0.2, -0.15) is 11.8 Å². The Balaban J connectivity index is 2.73. The third-order valence-electron chi connectivity index (χ3n) is 4.28. The number of guanidine groups is 1. The predicted octanol–water partition coefficient (Wildman–Crippen LogP) is 2.49. The van der Waals surface area contributed by atoms with Crippen LogP contribution in [0.1, 0.15) is 41.0 Å². The summed E-state index contributed by atoms with van der Waals surface area (Å²) in [6, 6.07) is 0. The molecular weight excluding hydrogens is 342 g/mol. The lowest BCUT2D eigenvalue weighted by atomic mass is 9.90. The lowest BCUT2D eigenvalue weighted by molar-refractivity contribution is 0.351. The molecule has 1 heterocycles. The molecule has 1 aliphatic rings. The molecule has 1 N–H and O–H groups in total. The van der Waals surface area contributed by atoms with Crippen molar-refractivity contribution < 1.29 is 8.42 Å². The first kappa shape index (κ1) is 21.6. The molecular formula is C17H35N3O2S2. The first-order valence-electron chi connectivity index (χ1n) is 8.86. The molecule has 0 aromatic rings. The van der Waals surface area contributed by atoms with Gasteiger partial charge in [0.1, 0.15) is 9.84 Å². The van der Waals surface area contributed by atoms with E-state index < -0.39 is 9.84 Å². The molecule has 1 rings (SSSR count). The highest BCUT2D eigenvalue weighted by molar-refractivity contribution is 8.00. The zero-order valence-corrected chi connectivity index (χ0v) is 17.8. The van der Waals surface area contributed by atoms with Crippen molar-refractivity contribution in [2.24, 2.45) is 16.3 Å². The van der Waals surface area contributed by atoms with E-state index in [2.05, 4.69) is 56.6 Å². The average molecular weight is 378 g/mol. The highest BCUT2D eigenvalue weighted by Crippen LogP contribution is 2.25. The molecule has 1 aliphatic heterocycles. The fourth-order valence-corrected chi connectivity index (χ4v) is 4.75. The lowest BCUT2D eigenvalue weighted by Crippen LogP contribution is -2.49. The maximum atomic E-state index is 11.4. The Bertz CT molecular complexity index is 516. The van der Waals surface area contributed by atoms with Gasteiger partial charge in [0.05, 0.1) is 5.75 Å². The van der Waals surface area contributed by atoms with Crippen LogP contribution in [-0.2, 0) is 9.84 Å². The molecule has 1 saturated heterocycles. The van der Waals surface area contributed by atoms with Crippen molar-refractivity contribution in [3.05, 3.63) is 0 Å². The second kappa shape index (κ2) is 9.32. The van der Waals surface area contributed by atoms with Crippen molar-refractivity contribution in [3.8, 4) is 0 Å². The van der Waals surface area contributed by atoms with Crippen molar-refractivity contribution in [1.82, 2.24) is 10.2 Å². The Morgan fingerprint density at radius 1 is 1.42 bits per heavy atom. The molecule has 0 amide bonds. The molecule has 5 nitrogen and oxygen atoms in total. The Labute approximate surface area is 153 Å². The lowest BCUT2D eigenvalue weighted by Gasteiger charge is -2.36. The van der Waals surface area contributed by atoms with Gasteiger partial charge in [-0.05, 0) is 24.7 Å². The van der Waals surface area contributed by atoms with Crippen LogP contribution in [0.25, 0.3) is 0 Å². The van der Waals surface area contributed by atoms with Crippen LogP contribution < -0.4 is 5.32 Å². The molecule has 0 spiro atoms. The van der Waals surface area contributed by atoms with Crippen LogP contribution in [0.15, 0.2) is 4.99 Å². The summed E-state index contributed by atoms with van der Waals surface area (Å²) < 4.78 is 22.8. The van der Waals surface area contributed by atoms with Gasteiger partial charge in [-0.1, -0.05) is 27.7 Å². The van der Waals surface area contributed by atoms with Crippen molar-refractivity contribution >= 4 is 27.6 Å². The van der Waals surface area contributed by atoms with E-state index in [4.69, 9.17) is 4.99 Å². The fourth-order valence-electron chi connectivity index (χ4n) is 2.53. The van der Waals surface area contributed by atoms with Crippen LogP contribution in [-0.4, -0.2) is 68.5 Å². The van der Waals surface area contributed by atoms with Gasteiger partial charge in [0.25, 0.3) is 0 Å². The minimum atomic E-state index is -2.92. The molecule has 24 heavy (non-hydrogen) atoms. The van der Waals surface area contributed by atoms with Gasteiger partial charge in [-0.15, -0.1) is 0 Å². The smallest absolute Gasteiger partial charge is 0.193 e. The maximum absolute atomic E-state index is 11.4. The van der Waals surface area contributed by atoms with Gasteiger partial charge >= 0.3 is 0 Å². The normalized spacial score (nSPS) is 20.5. The van der Waals surface area contributed by atoms with Gasteiger partial charge in [0.15, 0.2) is 5.96 Å². The number of thioether (sulfide) groups is 1. The second-order valence-electron chi connectivity index (χ2n) is 7.81. The van der Waals surface area contributed by atoms with Gasteiger partial charge in [-0.25, -0.2) is 8.42 Å². The minimum absolute atomic E-state index is 0.119. The molecule has 0 bridgehead atoms. The van der Waals surface area contributed by atoms with Gasteiger partial charge < -0.3 is 10.2 Å². The quantitative estimate of drug-likeness (QED) is 0.545. The Kier molecular flexibility index (Phi) is 8.39. The van der Waals surface area contributed by atoms with Crippen LogP contribution in [0.2, 0.25) is 0 Å². The molecule has 1 unspecified atom stereocenters. The molecule has 1 atom stereocenters. The number of sulfone groups is 1. The molecule has 0 aliphatic carbocycles. The van der Waals surface area contributed by atoms with Crippen LogP contribution >= 0.6 is 11.8 Å². The summed E-state index contributed by atoms with van der Waals surface area (Å²) in [6.07, 6.45) is 1.94. The van der Waals surface area contributed by atoms with Crippen LogP contribution in [0.4, 0.5) is 0 Å². The van der Waals surface area contributed by atoms with E-state index in [9.17, 15) is 8.42 Å². The van der Waals surface area contributed by atoms with E-state index >= 15 is 0 Å². The maximum Gasteiger partial charge on any atom is 0.193 e. The van der Waals surface area contributed by atoms with Crippen LogP contribution in [0.5, 0.6) is 0 Å². The monoisotopic (exact) mass is 377 g/mol. The number of nitrogens with one attached hydrogen (secondary N) is 1.